The first-order chi connectivity index (χ1) is 18.8. The van der Waals surface area contributed by atoms with Crippen LogP contribution in [0.2, 0.25) is 0 Å². The first-order valence-corrected chi connectivity index (χ1v) is 17.9. The minimum absolute atomic E-state index is 1.11. The second-order valence-corrected chi connectivity index (χ2v) is 12.3. The van der Waals surface area contributed by atoms with E-state index in [1.807, 2.05) is 0 Å². The van der Waals surface area contributed by atoms with E-state index in [0.717, 1.165) is 6.54 Å². The van der Waals surface area contributed by atoms with Crippen molar-refractivity contribution in [1.82, 2.24) is 4.57 Å². The van der Waals surface area contributed by atoms with Gasteiger partial charge in [-0.2, -0.15) is 0 Å². The molecule has 0 aliphatic heterocycles. The molecule has 0 saturated heterocycles. The van der Waals surface area contributed by atoms with Gasteiger partial charge in [-0.15, -0.1) is 0 Å². The standard InChI is InChI=1S/C36H71N2/c1-4-7-9-11-13-15-17-18-19-20-21-22-24-26-28-30-32-36-37(6-3)34-35-38(36)33-31-29-27-25-23-16-14-12-10-8-5-2/h34-35H,4-33H2,1-3H3/q+1. The Morgan fingerprint density at radius 2 is 0.789 bits per heavy atom. The zero-order valence-electron chi connectivity index (χ0n) is 26.8. The third-order valence-electron chi connectivity index (χ3n) is 8.69. The quantitative estimate of drug-likeness (QED) is 0.0689. The van der Waals surface area contributed by atoms with Crippen LogP contribution in [0.5, 0.6) is 0 Å². The maximum absolute atomic E-state index is 2.57. The van der Waals surface area contributed by atoms with Crippen LogP contribution in [0.1, 0.15) is 200 Å². The highest BCUT2D eigenvalue weighted by atomic mass is 15.1. The predicted molar refractivity (Wildman–Crippen MR) is 170 cm³/mol. The molecule has 0 fully saturated rings. The lowest BCUT2D eigenvalue weighted by Gasteiger charge is -2.06. The Balaban J connectivity index is 1.98. The molecule has 0 saturated carbocycles. The lowest BCUT2D eigenvalue weighted by atomic mass is 10.0. The van der Waals surface area contributed by atoms with Crippen molar-refractivity contribution in [3.8, 4) is 0 Å². The van der Waals surface area contributed by atoms with Crippen molar-refractivity contribution in [2.45, 2.75) is 214 Å². The van der Waals surface area contributed by atoms with Crippen LogP contribution in [0.25, 0.3) is 0 Å². The van der Waals surface area contributed by atoms with Gasteiger partial charge < -0.3 is 0 Å². The summed E-state index contributed by atoms with van der Waals surface area (Å²) in [5.74, 6) is 1.57. The summed E-state index contributed by atoms with van der Waals surface area (Å²) in [6.45, 7) is 9.24. The molecule has 0 atom stereocenters. The Kier molecular flexibility index (Phi) is 25.7. The Morgan fingerprint density at radius 3 is 1.16 bits per heavy atom. The molecule has 1 heterocycles. The normalized spacial score (nSPS) is 11.6. The van der Waals surface area contributed by atoms with Crippen LogP contribution in [0.15, 0.2) is 12.4 Å². The van der Waals surface area contributed by atoms with Crippen LogP contribution >= 0.6 is 0 Å². The smallest absolute Gasteiger partial charge is 0.235 e. The molecule has 38 heavy (non-hydrogen) atoms. The summed E-state index contributed by atoms with van der Waals surface area (Å²) in [6.07, 6.45) is 44.8. The Labute approximate surface area is 240 Å². The monoisotopic (exact) mass is 532 g/mol. The van der Waals surface area contributed by atoms with Crippen molar-refractivity contribution in [1.29, 1.82) is 0 Å². The molecular weight excluding hydrogens is 460 g/mol. The van der Waals surface area contributed by atoms with Crippen molar-refractivity contribution >= 4 is 0 Å². The van der Waals surface area contributed by atoms with Crippen LogP contribution < -0.4 is 4.57 Å². The molecule has 0 spiro atoms. The summed E-state index contributed by atoms with van der Waals surface area (Å²) in [7, 11) is 0. The number of imidazole rings is 1. The van der Waals surface area contributed by atoms with Gasteiger partial charge in [0.1, 0.15) is 12.4 Å². The SMILES string of the molecule is CCCCCCCCCCCCCCCCCCc1n(CC)cc[n+]1CCCCCCCCCCCCC. The van der Waals surface area contributed by atoms with Crippen molar-refractivity contribution in [3.05, 3.63) is 18.2 Å². The molecule has 0 N–H and O–H groups in total. The van der Waals surface area contributed by atoms with Gasteiger partial charge in [0.15, 0.2) is 0 Å². The van der Waals surface area contributed by atoms with Crippen LogP contribution in [0.3, 0.4) is 0 Å². The van der Waals surface area contributed by atoms with E-state index >= 15 is 0 Å². The number of hydrogen-bond donors (Lipinski definition) is 0. The molecule has 0 aliphatic rings. The average Bonchev–Trinajstić information content (AvgIpc) is 3.33. The van der Waals surface area contributed by atoms with Crippen molar-refractivity contribution in [2.24, 2.45) is 0 Å². The highest BCUT2D eigenvalue weighted by molar-refractivity contribution is 4.83. The zero-order chi connectivity index (χ0) is 27.4. The van der Waals surface area contributed by atoms with Crippen LogP contribution in [0.4, 0.5) is 0 Å². The van der Waals surface area contributed by atoms with Crippen molar-refractivity contribution in [3.63, 3.8) is 0 Å². The fourth-order valence-corrected chi connectivity index (χ4v) is 6.05. The average molecular weight is 532 g/mol. The van der Waals surface area contributed by atoms with E-state index in [1.54, 1.807) is 5.82 Å². The molecule has 0 bridgehead atoms. The first kappa shape index (κ1) is 35.2. The molecule has 0 amide bonds. The Bertz CT molecular complexity index is 590. The second kappa shape index (κ2) is 27.8. The van der Waals surface area contributed by atoms with Gasteiger partial charge in [0.25, 0.3) is 5.82 Å². The van der Waals surface area contributed by atoms with E-state index in [1.165, 1.54) is 186 Å². The molecular formula is C36H71N2+. The number of unbranched alkanes of at least 4 members (excludes halogenated alkanes) is 25. The first-order valence-electron chi connectivity index (χ1n) is 17.9. The molecule has 0 unspecified atom stereocenters. The highest BCUT2D eigenvalue weighted by Gasteiger charge is 2.15. The minimum Gasteiger partial charge on any atom is -0.235 e. The molecule has 0 aromatic carbocycles. The predicted octanol–water partition coefficient (Wildman–Crippen LogP) is 11.9. The number of aromatic nitrogens is 2. The molecule has 2 nitrogen and oxygen atoms in total. The summed E-state index contributed by atoms with van der Waals surface area (Å²) in [4.78, 5) is 0. The summed E-state index contributed by atoms with van der Waals surface area (Å²) < 4.78 is 5.06. The van der Waals surface area contributed by atoms with E-state index < -0.39 is 0 Å². The van der Waals surface area contributed by atoms with Gasteiger partial charge in [-0.3, -0.25) is 0 Å². The van der Waals surface area contributed by atoms with Gasteiger partial charge >= 0.3 is 0 Å². The number of nitrogens with zero attached hydrogens (tertiary/aromatic N) is 2. The van der Waals surface area contributed by atoms with Gasteiger partial charge in [0.05, 0.1) is 13.1 Å². The number of hydrogen-bond acceptors (Lipinski definition) is 0. The number of aryl methyl sites for hydroxylation is 2. The fourth-order valence-electron chi connectivity index (χ4n) is 6.05. The minimum atomic E-state index is 1.11. The summed E-state index contributed by atoms with van der Waals surface area (Å²) in [5.41, 5.74) is 0. The van der Waals surface area contributed by atoms with E-state index in [9.17, 15) is 0 Å². The van der Waals surface area contributed by atoms with E-state index in [0.29, 0.717) is 0 Å². The molecule has 1 aromatic rings. The lowest BCUT2D eigenvalue weighted by molar-refractivity contribution is -0.704. The second-order valence-electron chi connectivity index (χ2n) is 12.3. The van der Waals surface area contributed by atoms with Gasteiger partial charge in [0.2, 0.25) is 0 Å². The van der Waals surface area contributed by atoms with Gasteiger partial charge in [0, 0.05) is 6.42 Å². The van der Waals surface area contributed by atoms with Crippen molar-refractivity contribution in [2.75, 3.05) is 0 Å². The number of rotatable bonds is 30. The molecule has 0 aliphatic carbocycles. The largest absolute Gasteiger partial charge is 0.256 e. The van der Waals surface area contributed by atoms with Crippen molar-refractivity contribution < 1.29 is 4.57 Å². The fraction of sp³-hybridized carbons (Fsp3) is 0.917. The van der Waals surface area contributed by atoms with Crippen LogP contribution in [-0.2, 0) is 19.5 Å². The molecule has 0 radical (unpaired) electrons. The summed E-state index contributed by atoms with van der Waals surface area (Å²) in [6, 6.07) is 0. The van der Waals surface area contributed by atoms with E-state index in [2.05, 4.69) is 42.3 Å². The summed E-state index contributed by atoms with van der Waals surface area (Å²) >= 11 is 0. The molecule has 1 rings (SSSR count). The van der Waals surface area contributed by atoms with Crippen LogP contribution in [0, 0.1) is 0 Å². The summed E-state index contributed by atoms with van der Waals surface area (Å²) in [5, 5.41) is 0. The molecule has 2 heteroatoms. The Hall–Kier alpha value is -0.790. The lowest BCUT2D eigenvalue weighted by Crippen LogP contribution is -2.37. The van der Waals surface area contributed by atoms with Gasteiger partial charge in [-0.05, 0) is 26.2 Å². The Morgan fingerprint density at radius 1 is 0.447 bits per heavy atom. The molecule has 224 valence electrons. The third-order valence-corrected chi connectivity index (χ3v) is 8.69. The zero-order valence-corrected chi connectivity index (χ0v) is 26.8. The van der Waals surface area contributed by atoms with Gasteiger partial charge in [-0.25, -0.2) is 9.13 Å². The molecule has 1 aromatic heterocycles. The topological polar surface area (TPSA) is 8.81 Å². The van der Waals surface area contributed by atoms with Crippen LogP contribution in [-0.4, -0.2) is 4.57 Å². The highest BCUT2D eigenvalue weighted by Crippen LogP contribution is 2.15. The third kappa shape index (κ3) is 20.2. The van der Waals surface area contributed by atoms with Gasteiger partial charge in [-0.1, -0.05) is 168 Å². The van der Waals surface area contributed by atoms with E-state index in [4.69, 9.17) is 0 Å². The maximum atomic E-state index is 2.57. The maximum Gasteiger partial charge on any atom is 0.256 e. The van der Waals surface area contributed by atoms with E-state index in [-0.39, 0.29) is 0 Å².